The Morgan fingerprint density at radius 3 is 2.75 bits per heavy atom. The van der Waals surface area contributed by atoms with Crippen molar-refractivity contribution >= 4 is 6.09 Å². The van der Waals surface area contributed by atoms with Crippen molar-refractivity contribution in [1.82, 2.24) is 20.4 Å². The highest BCUT2D eigenvalue weighted by atomic mass is 16.6. The van der Waals surface area contributed by atoms with Gasteiger partial charge in [0.25, 0.3) is 0 Å². The maximum Gasteiger partial charge on any atom is 0.410 e. The van der Waals surface area contributed by atoms with E-state index in [1.165, 1.54) is 0 Å². The third kappa shape index (κ3) is 5.47. The number of carbonyl (C=O) groups excluding carboxylic acids is 1. The minimum atomic E-state index is -0.454. The van der Waals surface area contributed by atoms with Crippen LogP contribution in [0.25, 0.3) is 0 Å². The summed E-state index contributed by atoms with van der Waals surface area (Å²) in [4.78, 5) is 18.4. The molecule has 1 aliphatic heterocycles. The Balaban J connectivity index is 1.89. The number of aromatic nitrogens is 2. The van der Waals surface area contributed by atoms with Gasteiger partial charge in [0.1, 0.15) is 5.60 Å². The highest BCUT2D eigenvalue weighted by molar-refractivity contribution is 5.68. The average Bonchev–Trinajstić information content (AvgIpc) is 2.78. The fourth-order valence-corrected chi connectivity index (χ4v) is 2.89. The van der Waals surface area contributed by atoms with E-state index in [1.807, 2.05) is 25.7 Å². The number of amides is 1. The van der Waals surface area contributed by atoms with Gasteiger partial charge < -0.3 is 19.5 Å². The van der Waals surface area contributed by atoms with Crippen molar-refractivity contribution in [3.8, 4) is 0 Å². The van der Waals surface area contributed by atoms with E-state index in [4.69, 9.17) is 9.26 Å². The van der Waals surface area contributed by atoms with Crippen LogP contribution in [0.15, 0.2) is 4.52 Å². The first-order valence-corrected chi connectivity index (χ1v) is 8.82. The molecule has 1 N–H and O–H groups in total. The van der Waals surface area contributed by atoms with Crippen LogP contribution in [0, 0.1) is 6.92 Å². The lowest BCUT2D eigenvalue weighted by Gasteiger charge is -2.26. The number of hydrogen-bond acceptors (Lipinski definition) is 6. The van der Waals surface area contributed by atoms with Gasteiger partial charge in [-0.05, 0) is 46.5 Å². The summed E-state index contributed by atoms with van der Waals surface area (Å²) in [5, 5.41) is 7.65. The van der Waals surface area contributed by atoms with E-state index >= 15 is 0 Å². The van der Waals surface area contributed by atoms with E-state index < -0.39 is 5.60 Å². The summed E-state index contributed by atoms with van der Waals surface area (Å²) in [6.45, 7) is 11.0. The van der Waals surface area contributed by atoms with Crippen molar-refractivity contribution in [3.05, 3.63) is 11.7 Å². The first-order chi connectivity index (χ1) is 11.3. The van der Waals surface area contributed by atoms with Crippen molar-refractivity contribution in [2.45, 2.75) is 78.0 Å². The van der Waals surface area contributed by atoms with Gasteiger partial charge in [-0.25, -0.2) is 4.79 Å². The Morgan fingerprint density at radius 2 is 2.17 bits per heavy atom. The third-order valence-corrected chi connectivity index (χ3v) is 4.08. The summed E-state index contributed by atoms with van der Waals surface area (Å²) in [6.07, 6.45) is 3.55. The Morgan fingerprint density at radius 1 is 1.42 bits per heavy atom. The van der Waals surface area contributed by atoms with Gasteiger partial charge >= 0.3 is 6.09 Å². The smallest absolute Gasteiger partial charge is 0.410 e. The minimum absolute atomic E-state index is 0.0838. The Bertz CT molecular complexity index is 538. The lowest BCUT2D eigenvalue weighted by atomic mass is 10.1. The van der Waals surface area contributed by atoms with Crippen molar-refractivity contribution in [3.63, 3.8) is 0 Å². The molecule has 136 valence electrons. The highest BCUT2D eigenvalue weighted by Gasteiger charge is 2.27. The molecule has 1 amide bonds. The fraction of sp³-hybridized carbons (Fsp3) is 0.824. The van der Waals surface area contributed by atoms with Crippen LogP contribution in [-0.4, -0.2) is 45.9 Å². The minimum Gasteiger partial charge on any atom is -0.444 e. The molecule has 0 aliphatic carbocycles. The van der Waals surface area contributed by atoms with Crippen LogP contribution >= 0.6 is 0 Å². The summed E-state index contributed by atoms with van der Waals surface area (Å²) < 4.78 is 10.6. The zero-order chi connectivity index (χ0) is 17.7. The average molecular weight is 338 g/mol. The van der Waals surface area contributed by atoms with E-state index in [9.17, 15) is 4.79 Å². The first-order valence-electron chi connectivity index (χ1n) is 8.82. The van der Waals surface area contributed by atoms with E-state index in [0.29, 0.717) is 24.3 Å². The summed E-state index contributed by atoms with van der Waals surface area (Å²) in [7, 11) is 0. The number of nitrogens with zero attached hydrogens (tertiary/aromatic N) is 3. The molecular formula is C17H30N4O3. The van der Waals surface area contributed by atoms with Gasteiger partial charge in [-0.3, -0.25) is 0 Å². The van der Waals surface area contributed by atoms with E-state index in [0.717, 1.165) is 32.2 Å². The van der Waals surface area contributed by atoms with Crippen LogP contribution in [0.4, 0.5) is 4.79 Å². The van der Waals surface area contributed by atoms with Crippen molar-refractivity contribution in [2.24, 2.45) is 0 Å². The Labute approximate surface area is 144 Å². The summed E-state index contributed by atoms with van der Waals surface area (Å²) in [6, 6.07) is 0.418. The zero-order valence-corrected chi connectivity index (χ0v) is 15.5. The Kier molecular flexibility index (Phi) is 6.21. The molecule has 1 aromatic rings. The van der Waals surface area contributed by atoms with E-state index in [2.05, 4.69) is 22.4 Å². The van der Waals surface area contributed by atoms with Crippen LogP contribution in [-0.2, 0) is 4.74 Å². The molecule has 0 aromatic carbocycles. The van der Waals surface area contributed by atoms with Gasteiger partial charge in [-0.1, -0.05) is 12.1 Å². The number of carbonyl (C=O) groups is 1. The molecule has 2 heterocycles. The summed E-state index contributed by atoms with van der Waals surface area (Å²) in [5.41, 5.74) is -0.454. The maximum absolute atomic E-state index is 12.2. The van der Waals surface area contributed by atoms with Crippen LogP contribution in [0.3, 0.4) is 0 Å². The largest absolute Gasteiger partial charge is 0.444 e. The van der Waals surface area contributed by atoms with Crippen LogP contribution in [0.1, 0.15) is 71.1 Å². The molecule has 7 heteroatoms. The fourth-order valence-electron chi connectivity index (χ4n) is 2.89. The topological polar surface area (TPSA) is 80.5 Å². The standard InChI is InChI=1S/C17H30N4O3/c1-6-14(15-18-12(2)24-20-15)19-13-8-7-10-21(11-9-13)16(22)23-17(3,4)5/h13-14,19H,6-11H2,1-5H3/t13-,14+/m1/s1. The summed E-state index contributed by atoms with van der Waals surface area (Å²) in [5.74, 6) is 1.30. The monoisotopic (exact) mass is 338 g/mol. The van der Waals surface area contributed by atoms with E-state index in [1.54, 1.807) is 6.92 Å². The molecule has 1 aliphatic rings. The number of hydrogen-bond donors (Lipinski definition) is 1. The normalized spacial score (nSPS) is 20.5. The SMILES string of the molecule is CC[C@H](N[C@@H]1CCCN(C(=O)OC(C)(C)C)CC1)c1noc(C)n1. The molecule has 2 rings (SSSR count). The van der Waals surface area contributed by atoms with Crippen molar-refractivity contribution in [2.75, 3.05) is 13.1 Å². The van der Waals surface area contributed by atoms with Crippen LogP contribution in [0.5, 0.6) is 0 Å². The predicted molar refractivity (Wildman–Crippen MR) is 90.6 cm³/mol. The molecule has 0 unspecified atom stereocenters. The van der Waals surface area contributed by atoms with Gasteiger partial charge in [0.15, 0.2) is 5.82 Å². The third-order valence-electron chi connectivity index (χ3n) is 4.08. The number of aryl methyl sites for hydroxylation is 1. The molecule has 1 fully saturated rings. The van der Waals surface area contributed by atoms with Gasteiger partial charge in [0.05, 0.1) is 6.04 Å². The van der Waals surface area contributed by atoms with Gasteiger partial charge in [0, 0.05) is 26.1 Å². The van der Waals surface area contributed by atoms with Gasteiger partial charge in [-0.15, -0.1) is 0 Å². The lowest BCUT2D eigenvalue weighted by molar-refractivity contribution is 0.0256. The Hall–Kier alpha value is -1.63. The second kappa shape index (κ2) is 7.96. The van der Waals surface area contributed by atoms with Crippen molar-refractivity contribution < 1.29 is 14.1 Å². The summed E-state index contributed by atoms with van der Waals surface area (Å²) >= 11 is 0. The van der Waals surface area contributed by atoms with Gasteiger partial charge in [0.2, 0.25) is 5.89 Å². The zero-order valence-electron chi connectivity index (χ0n) is 15.5. The molecule has 1 aromatic heterocycles. The van der Waals surface area contributed by atoms with Gasteiger partial charge in [-0.2, -0.15) is 4.98 Å². The molecule has 0 saturated carbocycles. The highest BCUT2D eigenvalue weighted by Crippen LogP contribution is 2.20. The molecule has 0 bridgehead atoms. The predicted octanol–water partition coefficient (Wildman–Crippen LogP) is 3.21. The number of likely N-dealkylation sites (tertiary alicyclic amines) is 1. The molecule has 1 saturated heterocycles. The number of nitrogens with one attached hydrogen (secondary N) is 1. The van der Waals surface area contributed by atoms with Crippen molar-refractivity contribution in [1.29, 1.82) is 0 Å². The maximum atomic E-state index is 12.2. The molecule has 2 atom stereocenters. The van der Waals surface area contributed by atoms with E-state index in [-0.39, 0.29) is 12.1 Å². The second-order valence-corrected chi connectivity index (χ2v) is 7.39. The lowest BCUT2D eigenvalue weighted by Crippen LogP contribution is -2.38. The molecular weight excluding hydrogens is 308 g/mol. The molecule has 0 radical (unpaired) electrons. The second-order valence-electron chi connectivity index (χ2n) is 7.39. The quantitative estimate of drug-likeness (QED) is 0.908. The first kappa shape index (κ1) is 18.7. The molecule has 7 nitrogen and oxygen atoms in total. The van der Waals surface area contributed by atoms with Crippen LogP contribution < -0.4 is 5.32 Å². The molecule has 24 heavy (non-hydrogen) atoms. The molecule has 0 spiro atoms. The number of rotatable bonds is 4. The number of ether oxygens (including phenoxy) is 1. The van der Waals surface area contributed by atoms with Crippen LogP contribution in [0.2, 0.25) is 0 Å².